The van der Waals surface area contributed by atoms with Crippen LogP contribution >= 0.6 is 0 Å². The van der Waals surface area contributed by atoms with Gasteiger partial charge in [-0.2, -0.15) is 4.98 Å². The fraction of sp³-hybridized carbons (Fsp3) is 0.538. The second kappa shape index (κ2) is 9.29. The molecule has 3 aliphatic heterocycles. The monoisotopic (exact) mass is 510 g/mol. The van der Waals surface area contributed by atoms with E-state index in [0.717, 1.165) is 48.3 Å². The van der Waals surface area contributed by atoms with Crippen LogP contribution in [0, 0.1) is 0 Å². The van der Waals surface area contributed by atoms with Crippen molar-refractivity contribution in [1.29, 1.82) is 0 Å². The highest BCUT2D eigenvalue weighted by molar-refractivity contribution is 5.95. The summed E-state index contributed by atoms with van der Waals surface area (Å²) in [5.74, 6) is -0.340. The maximum Gasteiger partial charge on any atom is 0.293 e. The lowest BCUT2D eigenvalue weighted by molar-refractivity contribution is -0.276. The van der Waals surface area contributed by atoms with E-state index in [9.17, 15) is 8.78 Å². The van der Waals surface area contributed by atoms with Crippen molar-refractivity contribution in [1.82, 2.24) is 25.3 Å². The zero-order valence-electron chi connectivity index (χ0n) is 21.2. The van der Waals surface area contributed by atoms with Crippen molar-refractivity contribution in [2.45, 2.75) is 50.6 Å². The Balaban J connectivity index is 1.27. The number of aromatic nitrogens is 4. The zero-order valence-corrected chi connectivity index (χ0v) is 21.2. The van der Waals surface area contributed by atoms with Gasteiger partial charge in [-0.05, 0) is 42.0 Å². The number of alkyl halides is 2. The van der Waals surface area contributed by atoms with Crippen LogP contribution in [-0.2, 0) is 4.74 Å². The first-order chi connectivity index (χ1) is 17.9. The van der Waals surface area contributed by atoms with Gasteiger partial charge in [-0.3, -0.25) is 5.32 Å². The number of fused-ring (bicyclic) bond motifs is 1. The van der Waals surface area contributed by atoms with Crippen LogP contribution in [0.2, 0.25) is 0 Å². The molecule has 3 fully saturated rings. The maximum absolute atomic E-state index is 14.8. The standard InChI is InChI=1S/C26H32F2N8O/c1-17(2)19-13-32-23(36-9-3-7-29-16-36)20-14-31-22(12-18(19)20)33-21-4-8-30-24(34-21)35-10-5-25(6-11-37-25)26(27,28)15-35/h4,8,12-14,17,29H,3,5-7,9-11,15-16H2,1-2H3,(H,30,31,33,34)/t25-/m0/s1. The molecule has 3 saturated heterocycles. The van der Waals surface area contributed by atoms with E-state index in [1.165, 1.54) is 4.90 Å². The zero-order chi connectivity index (χ0) is 25.6. The van der Waals surface area contributed by atoms with E-state index in [-0.39, 0.29) is 18.3 Å². The number of nitrogens with zero attached hydrogens (tertiary/aromatic N) is 6. The largest absolute Gasteiger partial charge is 0.368 e. The number of rotatable bonds is 5. The number of piperidine rings is 1. The molecule has 0 bridgehead atoms. The Hall–Kier alpha value is -3.18. The number of hydrogen-bond donors (Lipinski definition) is 2. The van der Waals surface area contributed by atoms with E-state index in [1.54, 1.807) is 12.3 Å². The smallest absolute Gasteiger partial charge is 0.293 e. The van der Waals surface area contributed by atoms with Crippen molar-refractivity contribution in [2.24, 2.45) is 0 Å². The van der Waals surface area contributed by atoms with Gasteiger partial charge in [-0.15, -0.1) is 0 Å². The summed E-state index contributed by atoms with van der Waals surface area (Å²) >= 11 is 0. The molecule has 1 spiro atoms. The van der Waals surface area contributed by atoms with Crippen molar-refractivity contribution in [2.75, 3.05) is 54.6 Å². The number of hydrogen-bond acceptors (Lipinski definition) is 9. The molecule has 9 nitrogen and oxygen atoms in total. The summed E-state index contributed by atoms with van der Waals surface area (Å²) in [6, 6.07) is 3.73. The molecule has 2 N–H and O–H groups in total. The predicted octanol–water partition coefficient (Wildman–Crippen LogP) is 4.05. The van der Waals surface area contributed by atoms with Crippen molar-refractivity contribution < 1.29 is 13.5 Å². The predicted molar refractivity (Wildman–Crippen MR) is 139 cm³/mol. The lowest BCUT2D eigenvalue weighted by Gasteiger charge is -2.52. The Bertz CT molecular complexity index is 1290. The van der Waals surface area contributed by atoms with E-state index >= 15 is 0 Å². The third-order valence-electron chi connectivity index (χ3n) is 7.70. The van der Waals surface area contributed by atoms with Crippen LogP contribution < -0.4 is 20.4 Å². The summed E-state index contributed by atoms with van der Waals surface area (Å²) in [5, 5.41) is 8.75. The SMILES string of the molecule is CC(C)c1cnc(N2CCCNC2)c2cnc(Nc3ccnc(N4CC[C@]5(CCO5)C(F)(F)C4)n3)cc12. The molecular formula is C26H32F2N8O. The molecule has 0 saturated carbocycles. The number of nitrogens with one attached hydrogen (secondary N) is 2. The Morgan fingerprint density at radius 2 is 1.92 bits per heavy atom. The van der Waals surface area contributed by atoms with Gasteiger partial charge < -0.3 is 19.9 Å². The molecule has 0 amide bonds. The second-order valence-electron chi connectivity index (χ2n) is 10.4. The first-order valence-electron chi connectivity index (χ1n) is 13.0. The van der Waals surface area contributed by atoms with Gasteiger partial charge in [0.15, 0.2) is 0 Å². The lowest BCUT2D eigenvalue weighted by Crippen LogP contribution is -2.66. The number of anilines is 4. The molecule has 0 radical (unpaired) electrons. The van der Waals surface area contributed by atoms with Crippen LogP contribution in [0.5, 0.6) is 0 Å². The van der Waals surface area contributed by atoms with Crippen LogP contribution in [0.25, 0.3) is 10.8 Å². The normalized spacial score (nSPS) is 23.5. The molecule has 0 aliphatic carbocycles. The molecule has 6 heterocycles. The van der Waals surface area contributed by atoms with Crippen LogP contribution in [0.3, 0.4) is 0 Å². The van der Waals surface area contributed by atoms with E-state index in [2.05, 4.69) is 44.3 Å². The Morgan fingerprint density at radius 3 is 2.62 bits per heavy atom. The van der Waals surface area contributed by atoms with Gasteiger partial charge in [0.25, 0.3) is 5.92 Å². The topological polar surface area (TPSA) is 91.3 Å². The summed E-state index contributed by atoms with van der Waals surface area (Å²) in [4.78, 5) is 22.0. The molecule has 1 atom stereocenters. The van der Waals surface area contributed by atoms with E-state index in [0.29, 0.717) is 31.2 Å². The highest BCUT2D eigenvalue weighted by Gasteiger charge is 2.61. The van der Waals surface area contributed by atoms with E-state index < -0.39 is 18.1 Å². The van der Waals surface area contributed by atoms with Gasteiger partial charge in [0, 0.05) is 49.9 Å². The van der Waals surface area contributed by atoms with Gasteiger partial charge in [0.05, 0.1) is 19.8 Å². The summed E-state index contributed by atoms with van der Waals surface area (Å²) in [6.07, 6.45) is 7.11. The second-order valence-corrected chi connectivity index (χ2v) is 10.4. The molecule has 196 valence electrons. The summed E-state index contributed by atoms with van der Waals surface area (Å²) < 4.78 is 35.0. The number of ether oxygens (including phenoxy) is 1. The fourth-order valence-electron chi connectivity index (χ4n) is 5.46. The van der Waals surface area contributed by atoms with Crippen LogP contribution in [0.1, 0.15) is 44.6 Å². The molecule has 3 aliphatic rings. The first-order valence-corrected chi connectivity index (χ1v) is 13.0. The van der Waals surface area contributed by atoms with E-state index in [4.69, 9.17) is 9.72 Å². The van der Waals surface area contributed by atoms with E-state index in [1.807, 2.05) is 18.5 Å². The quantitative estimate of drug-likeness (QED) is 0.528. The average molecular weight is 511 g/mol. The van der Waals surface area contributed by atoms with Crippen LogP contribution in [-0.4, -0.2) is 70.9 Å². The Labute approximate surface area is 214 Å². The third kappa shape index (κ3) is 4.33. The Morgan fingerprint density at radius 1 is 1.05 bits per heavy atom. The summed E-state index contributed by atoms with van der Waals surface area (Å²) in [5.41, 5.74) is -0.180. The Kier molecular flexibility index (Phi) is 6.07. The molecule has 0 aromatic carbocycles. The lowest BCUT2D eigenvalue weighted by atomic mass is 9.81. The third-order valence-corrected chi connectivity index (χ3v) is 7.70. The molecule has 6 rings (SSSR count). The maximum atomic E-state index is 14.8. The number of halogens is 2. The molecule has 0 unspecified atom stereocenters. The highest BCUT2D eigenvalue weighted by atomic mass is 19.3. The van der Waals surface area contributed by atoms with Gasteiger partial charge in [0.2, 0.25) is 5.95 Å². The minimum Gasteiger partial charge on any atom is -0.368 e. The molecular weight excluding hydrogens is 478 g/mol. The van der Waals surface area contributed by atoms with Crippen LogP contribution in [0.4, 0.5) is 32.2 Å². The van der Waals surface area contributed by atoms with Crippen molar-refractivity contribution >= 4 is 34.2 Å². The minimum absolute atomic E-state index is 0.258. The average Bonchev–Trinajstić information content (AvgIpc) is 2.87. The van der Waals surface area contributed by atoms with Crippen molar-refractivity contribution in [3.8, 4) is 0 Å². The molecule has 37 heavy (non-hydrogen) atoms. The van der Waals surface area contributed by atoms with Crippen molar-refractivity contribution in [3.63, 3.8) is 0 Å². The van der Waals surface area contributed by atoms with Gasteiger partial charge >= 0.3 is 0 Å². The fourth-order valence-corrected chi connectivity index (χ4v) is 5.46. The first kappa shape index (κ1) is 24.2. The van der Waals surface area contributed by atoms with Gasteiger partial charge in [0.1, 0.15) is 23.1 Å². The highest BCUT2D eigenvalue weighted by Crippen LogP contribution is 2.47. The van der Waals surface area contributed by atoms with Gasteiger partial charge in [-0.1, -0.05) is 13.8 Å². The van der Waals surface area contributed by atoms with Gasteiger partial charge in [-0.25, -0.2) is 23.7 Å². The summed E-state index contributed by atoms with van der Waals surface area (Å²) in [6.45, 7) is 7.38. The van der Waals surface area contributed by atoms with Crippen LogP contribution in [0.15, 0.2) is 30.7 Å². The molecule has 3 aromatic rings. The molecule has 11 heteroatoms. The number of pyridine rings is 2. The summed E-state index contributed by atoms with van der Waals surface area (Å²) in [7, 11) is 0. The minimum atomic E-state index is -2.95. The molecule has 3 aromatic heterocycles. The van der Waals surface area contributed by atoms with Crippen molar-refractivity contribution in [3.05, 3.63) is 36.3 Å².